The van der Waals surface area contributed by atoms with Gasteiger partial charge in [0.1, 0.15) is 0 Å². The van der Waals surface area contributed by atoms with Crippen molar-refractivity contribution in [1.29, 1.82) is 0 Å². The molecule has 86 valence electrons. The van der Waals surface area contributed by atoms with Gasteiger partial charge in [-0.05, 0) is 43.5 Å². The van der Waals surface area contributed by atoms with Crippen molar-refractivity contribution in [1.82, 2.24) is 5.32 Å². The van der Waals surface area contributed by atoms with Gasteiger partial charge in [0.25, 0.3) is 0 Å². The SMILES string of the molecule is c1ccc2c(c1)CC2COC1CCNCC1. The second-order valence-electron chi connectivity index (χ2n) is 4.88. The van der Waals surface area contributed by atoms with E-state index in [1.54, 1.807) is 0 Å². The number of rotatable bonds is 3. The molecule has 1 atom stereocenters. The molecule has 2 heteroatoms. The summed E-state index contributed by atoms with van der Waals surface area (Å²) in [5.74, 6) is 0.658. The first-order valence-corrected chi connectivity index (χ1v) is 6.33. The Hall–Kier alpha value is -0.860. The Morgan fingerprint density at radius 2 is 2.00 bits per heavy atom. The monoisotopic (exact) mass is 217 g/mol. The Labute approximate surface area is 97.0 Å². The fourth-order valence-corrected chi connectivity index (χ4v) is 2.73. The zero-order valence-corrected chi connectivity index (χ0v) is 9.61. The van der Waals surface area contributed by atoms with Crippen LogP contribution in [0.3, 0.4) is 0 Å². The average Bonchev–Trinajstić information content (AvgIpc) is 2.32. The highest BCUT2D eigenvalue weighted by molar-refractivity contribution is 5.39. The third-order valence-electron chi connectivity index (χ3n) is 3.78. The molecule has 0 amide bonds. The first-order valence-electron chi connectivity index (χ1n) is 6.33. The molecule has 2 nitrogen and oxygen atoms in total. The lowest BCUT2D eigenvalue weighted by molar-refractivity contribution is 0.0213. The van der Waals surface area contributed by atoms with E-state index in [1.807, 2.05) is 0 Å². The summed E-state index contributed by atoms with van der Waals surface area (Å²) in [5, 5.41) is 3.37. The first-order chi connectivity index (χ1) is 7.93. The van der Waals surface area contributed by atoms with Crippen LogP contribution < -0.4 is 5.32 Å². The quantitative estimate of drug-likeness (QED) is 0.837. The highest BCUT2D eigenvalue weighted by atomic mass is 16.5. The number of hydrogen-bond acceptors (Lipinski definition) is 2. The van der Waals surface area contributed by atoms with Crippen LogP contribution >= 0.6 is 0 Å². The maximum Gasteiger partial charge on any atom is 0.0599 e. The van der Waals surface area contributed by atoms with Crippen LogP contribution in [0.5, 0.6) is 0 Å². The van der Waals surface area contributed by atoms with E-state index in [0.29, 0.717) is 12.0 Å². The van der Waals surface area contributed by atoms with Crippen LogP contribution in [0.25, 0.3) is 0 Å². The van der Waals surface area contributed by atoms with Crippen LogP contribution in [0.15, 0.2) is 24.3 Å². The van der Waals surface area contributed by atoms with E-state index in [-0.39, 0.29) is 0 Å². The fourth-order valence-electron chi connectivity index (χ4n) is 2.73. The summed E-state index contributed by atoms with van der Waals surface area (Å²) in [6, 6.07) is 8.74. The first kappa shape index (κ1) is 10.3. The highest BCUT2D eigenvalue weighted by Gasteiger charge is 2.26. The molecule has 1 N–H and O–H groups in total. The Bertz CT molecular complexity index is 358. The standard InChI is InChI=1S/C14H19NO/c1-2-4-14-11(3-1)9-12(14)10-16-13-5-7-15-8-6-13/h1-4,12-13,15H,5-10H2. The number of nitrogens with one attached hydrogen (secondary N) is 1. The molecule has 1 saturated heterocycles. The van der Waals surface area contributed by atoms with Crippen LogP contribution in [0.1, 0.15) is 29.9 Å². The minimum atomic E-state index is 0.494. The molecular formula is C14H19NO. The van der Waals surface area contributed by atoms with E-state index in [2.05, 4.69) is 29.6 Å². The summed E-state index contributed by atoms with van der Waals surface area (Å²) in [7, 11) is 0. The van der Waals surface area contributed by atoms with Gasteiger partial charge in [0.2, 0.25) is 0 Å². The van der Waals surface area contributed by atoms with Gasteiger partial charge in [0.15, 0.2) is 0 Å². The van der Waals surface area contributed by atoms with Crippen LogP contribution in [-0.4, -0.2) is 25.8 Å². The molecule has 1 aliphatic heterocycles. The van der Waals surface area contributed by atoms with Crippen molar-refractivity contribution in [3.8, 4) is 0 Å². The van der Waals surface area contributed by atoms with E-state index in [1.165, 1.54) is 30.4 Å². The van der Waals surface area contributed by atoms with Crippen molar-refractivity contribution in [2.75, 3.05) is 19.7 Å². The molecule has 2 aliphatic rings. The lowest BCUT2D eigenvalue weighted by Gasteiger charge is -2.32. The molecule has 0 spiro atoms. The van der Waals surface area contributed by atoms with Gasteiger partial charge in [-0.25, -0.2) is 0 Å². The third-order valence-corrected chi connectivity index (χ3v) is 3.78. The lowest BCUT2D eigenvalue weighted by atomic mass is 9.78. The lowest BCUT2D eigenvalue weighted by Crippen LogP contribution is -2.34. The van der Waals surface area contributed by atoms with Crippen LogP contribution in [0.4, 0.5) is 0 Å². The van der Waals surface area contributed by atoms with Crippen LogP contribution in [-0.2, 0) is 11.2 Å². The largest absolute Gasteiger partial charge is 0.377 e. The number of ether oxygens (including phenoxy) is 1. The average molecular weight is 217 g/mol. The van der Waals surface area contributed by atoms with Crippen molar-refractivity contribution < 1.29 is 4.74 Å². The summed E-state index contributed by atoms with van der Waals surface area (Å²) in [4.78, 5) is 0. The molecule has 1 aliphatic carbocycles. The smallest absolute Gasteiger partial charge is 0.0599 e. The third kappa shape index (κ3) is 2.00. The number of hydrogen-bond donors (Lipinski definition) is 1. The summed E-state index contributed by atoms with van der Waals surface area (Å²) >= 11 is 0. The summed E-state index contributed by atoms with van der Waals surface area (Å²) < 4.78 is 6.00. The van der Waals surface area contributed by atoms with E-state index >= 15 is 0 Å². The van der Waals surface area contributed by atoms with Gasteiger partial charge in [-0.3, -0.25) is 0 Å². The van der Waals surface area contributed by atoms with Gasteiger partial charge < -0.3 is 10.1 Å². The summed E-state index contributed by atoms with van der Waals surface area (Å²) in [6.07, 6.45) is 4.05. The van der Waals surface area contributed by atoms with Crippen LogP contribution in [0, 0.1) is 0 Å². The van der Waals surface area contributed by atoms with E-state index in [0.717, 1.165) is 19.7 Å². The highest BCUT2D eigenvalue weighted by Crippen LogP contribution is 2.35. The fraction of sp³-hybridized carbons (Fsp3) is 0.571. The van der Waals surface area contributed by atoms with Crippen molar-refractivity contribution in [2.45, 2.75) is 31.3 Å². The zero-order chi connectivity index (χ0) is 10.8. The minimum Gasteiger partial charge on any atom is -0.377 e. The molecule has 0 radical (unpaired) electrons. The second-order valence-corrected chi connectivity index (χ2v) is 4.88. The summed E-state index contributed by atoms with van der Waals surface area (Å²) in [6.45, 7) is 3.15. The minimum absolute atomic E-state index is 0.494. The van der Waals surface area contributed by atoms with Gasteiger partial charge in [-0.15, -0.1) is 0 Å². The van der Waals surface area contributed by atoms with Crippen molar-refractivity contribution in [3.63, 3.8) is 0 Å². The molecule has 3 rings (SSSR count). The van der Waals surface area contributed by atoms with E-state index in [4.69, 9.17) is 4.74 Å². The van der Waals surface area contributed by atoms with Crippen molar-refractivity contribution in [2.24, 2.45) is 0 Å². The molecule has 16 heavy (non-hydrogen) atoms. The zero-order valence-electron chi connectivity index (χ0n) is 9.61. The van der Waals surface area contributed by atoms with Gasteiger partial charge in [0, 0.05) is 5.92 Å². The maximum atomic E-state index is 6.00. The Kier molecular flexibility index (Phi) is 2.94. The van der Waals surface area contributed by atoms with Gasteiger partial charge in [0.05, 0.1) is 12.7 Å². The van der Waals surface area contributed by atoms with Gasteiger partial charge >= 0.3 is 0 Å². The second kappa shape index (κ2) is 4.56. The van der Waals surface area contributed by atoms with Gasteiger partial charge in [-0.2, -0.15) is 0 Å². The van der Waals surface area contributed by atoms with Gasteiger partial charge in [-0.1, -0.05) is 24.3 Å². The molecule has 1 unspecified atom stereocenters. The summed E-state index contributed by atoms with van der Waals surface area (Å²) in [5.41, 5.74) is 3.03. The number of fused-ring (bicyclic) bond motifs is 1. The Morgan fingerprint density at radius 1 is 1.19 bits per heavy atom. The normalized spacial score (nSPS) is 24.9. The molecule has 1 aromatic rings. The Balaban J connectivity index is 1.50. The molecule has 0 aromatic heterocycles. The van der Waals surface area contributed by atoms with Crippen molar-refractivity contribution in [3.05, 3.63) is 35.4 Å². The molecule has 0 saturated carbocycles. The maximum absolute atomic E-state index is 6.00. The predicted octanol–water partition coefficient (Wildman–Crippen LogP) is 2.09. The van der Waals surface area contributed by atoms with E-state index in [9.17, 15) is 0 Å². The van der Waals surface area contributed by atoms with Crippen LogP contribution in [0.2, 0.25) is 0 Å². The number of piperidine rings is 1. The van der Waals surface area contributed by atoms with E-state index < -0.39 is 0 Å². The molecule has 0 bridgehead atoms. The molecule has 1 heterocycles. The molecule has 1 fully saturated rings. The van der Waals surface area contributed by atoms with Crippen molar-refractivity contribution >= 4 is 0 Å². The number of benzene rings is 1. The molecule has 1 aromatic carbocycles. The molecular weight excluding hydrogens is 198 g/mol. The Morgan fingerprint density at radius 3 is 2.81 bits per heavy atom. The topological polar surface area (TPSA) is 21.3 Å². The predicted molar refractivity (Wildman–Crippen MR) is 64.7 cm³/mol.